The molecule has 2 heterocycles. The van der Waals surface area contributed by atoms with Gasteiger partial charge in [-0.3, -0.25) is 0 Å². The van der Waals surface area contributed by atoms with Crippen molar-refractivity contribution in [2.75, 3.05) is 43.1 Å². The number of benzene rings is 2. The van der Waals surface area contributed by atoms with E-state index >= 15 is 0 Å². The maximum atomic E-state index is 6.08. The Morgan fingerprint density at radius 2 is 1.69 bits per heavy atom. The highest BCUT2D eigenvalue weighted by Gasteiger charge is 2.19. The molecular formula is C22H23ClN4O2. The average molecular weight is 411 g/mol. The van der Waals surface area contributed by atoms with E-state index < -0.39 is 0 Å². The van der Waals surface area contributed by atoms with Gasteiger partial charge in [0.2, 0.25) is 5.88 Å². The van der Waals surface area contributed by atoms with Crippen LogP contribution in [0.4, 0.5) is 11.5 Å². The Morgan fingerprint density at radius 1 is 0.897 bits per heavy atom. The molecule has 0 radical (unpaired) electrons. The van der Waals surface area contributed by atoms with Crippen molar-refractivity contribution in [1.29, 1.82) is 0 Å². The number of halogens is 1. The Balaban J connectivity index is 1.42. The highest BCUT2D eigenvalue weighted by Crippen LogP contribution is 2.27. The van der Waals surface area contributed by atoms with Gasteiger partial charge in [0, 0.05) is 49.0 Å². The summed E-state index contributed by atoms with van der Waals surface area (Å²) in [6.45, 7) is 5.50. The molecule has 150 valence electrons. The van der Waals surface area contributed by atoms with Gasteiger partial charge in [0.05, 0.1) is 7.11 Å². The van der Waals surface area contributed by atoms with Crippen LogP contribution < -0.4 is 19.3 Å². The number of hydrogen-bond donors (Lipinski definition) is 0. The number of nitrogens with zero attached hydrogens (tertiary/aromatic N) is 4. The van der Waals surface area contributed by atoms with Gasteiger partial charge in [0.15, 0.2) is 0 Å². The molecule has 0 atom stereocenters. The average Bonchev–Trinajstić information content (AvgIpc) is 2.77. The molecule has 0 spiro atoms. The number of anilines is 2. The van der Waals surface area contributed by atoms with Crippen molar-refractivity contribution in [3.63, 3.8) is 0 Å². The van der Waals surface area contributed by atoms with Crippen LogP contribution in [0.5, 0.6) is 17.4 Å². The van der Waals surface area contributed by atoms with Crippen LogP contribution in [0.15, 0.2) is 54.9 Å². The van der Waals surface area contributed by atoms with Crippen LogP contribution in [0, 0.1) is 6.92 Å². The van der Waals surface area contributed by atoms with E-state index in [2.05, 4.69) is 31.9 Å². The second-order valence-corrected chi connectivity index (χ2v) is 7.31. The van der Waals surface area contributed by atoms with E-state index in [1.807, 2.05) is 43.3 Å². The van der Waals surface area contributed by atoms with Crippen LogP contribution >= 0.6 is 11.6 Å². The third-order valence-corrected chi connectivity index (χ3v) is 5.43. The van der Waals surface area contributed by atoms with Gasteiger partial charge < -0.3 is 19.3 Å². The van der Waals surface area contributed by atoms with E-state index in [1.54, 1.807) is 13.4 Å². The molecule has 1 aliphatic rings. The lowest BCUT2D eigenvalue weighted by Gasteiger charge is -2.36. The fourth-order valence-corrected chi connectivity index (χ4v) is 3.48. The molecule has 0 N–H and O–H groups in total. The molecular weight excluding hydrogens is 388 g/mol. The Hall–Kier alpha value is -2.99. The Kier molecular flexibility index (Phi) is 5.71. The van der Waals surface area contributed by atoms with Gasteiger partial charge >= 0.3 is 0 Å². The number of hydrogen-bond acceptors (Lipinski definition) is 6. The topological polar surface area (TPSA) is 50.7 Å². The van der Waals surface area contributed by atoms with Crippen LogP contribution in [0.3, 0.4) is 0 Å². The number of ether oxygens (including phenoxy) is 2. The summed E-state index contributed by atoms with van der Waals surface area (Å²) < 4.78 is 11.2. The van der Waals surface area contributed by atoms with Crippen LogP contribution in [-0.4, -0.2) is 43.3 Å². The van der Waals surface area contributed by atoms with Crippen molar-refractivity contribution >= 4 is 23.1 Å². The van der Waals surface area contributed by atoms with Gasteiger partial charge in [-0.05, 0) is 42.8 Å². The molecule has 1 aromatic heterocycles. The zero-order valence-corrected chi connectivity index (χ0v) is 17.3. The van der Waals surface area contributed by atoms with Crippen molar-refractivity contribution in [2.45, 2.75) is 6.92 Å². The normalized spacial score (nSPS) is 14.0. The highest BCUT2D eigenvalue weighted by atomic mass is 35.5. The SMILES string of the molecule is COc1cccc(N2CCN(c3cc(Oc4ccc(Cl)c(C)c4)ncn3)CC2)c1. The largest absolute Gasteiger partial charge is 0.497 e. The number of aryl methyl sites for hydroxylation is 1. The minimum Gasteiger partial charge on any atom is -0.497 e. The van der Waals surface area contributed by atoms with Gasteiger partial charge in [-0.15, -0.1) is 0 Å². The standard InChI is InChI=1S/C22H23ClN4O2/c1-16-12-19(6-7-20(16)23)29-22-14-21(24-15-25-22)27-10-8-26(9-11-27)17-4-3-5-18(13-17)28-2/h3-7,12-15H,8-11H2,1-2H3. The van der Waals surface area contributed by atoms with Gasteiger partial charge in [-0.1, -0.05) is 17.7 Å². The maximum Gasteiger partial charge on any atom is 0.224 e. The van der Waals surface area contributed by atoms with E-state index in [1.165, 1.54) is 5.69 Å². The zero-order chi connectivity index (χ0) is 20.2. The summed E-state index contributed by atoms with van der Waals surface area (Å²) in [5.41, 5.74) is 2.14. The lowest BCUT2D eigenvalue weighted by molar-refractivity contribution is 0.414. The fraction of sp³-hybridized carbons (Fsp3) is 0.273. The Morgan fingerprint density at radius 3 is 2.45 bits per heavy atom. The molecule has 4 rings (SSSR count). The summed E-state index contributed by atoms with van der Waals surface area (Å²) >= 11 is 6.08. The maximum absolute atomic E-state index is 6.08. The van der Waals surface area contributed by atoms with Gasteiger partial charge in [0.1, 0.15) is 23.6 Å². The van der Waals surface area contributed by atoms with Crippen molar-refractivity contribution in [3.05, 3.63) is 65.4 Å². The van der Waals surface area contributed by atoms with Crippen LogP contribution in [-0.2, 0) is 0 Å². The van der Waals surface area contributed by atoms with Gasteiger partial charge in [-0.25, -0.2) is 9.97 Å². The molecule has 1 aliphatic heterocycles. The minimum atomic E-state index is 0.520. The number of rotatable bonds is 5. The monoisotopic (exact) mass is 410 g/mol. The van der Waals surface area contributed by atoms with Crippen molar-refractivity contribution < 1.29 is 9.47 Å². The summed E-state index contributed by atoms with van der Waals surface area (Å²) in [5, 5.41) is 0.717. The first-order valence-electron chi connectivity index (χ1n) is 9.52. The van der Waals surface area contributed by atoms with Crippen LogP contribution in [0.1, 0.15) is 5.56 Å². The zero-order valence-electron chi connectivity index (χ0n) is 16.5. The molecule has 0 unspecified atom stereocenters. The molecule has 29 heavy (non-hydrogen) atoms. The molecule has 0 amide bonds. The molecule has 3 aromatic rings. The van der Waals surface area contributed by atoms with E-state index in [0.29, 0.717) is 11.6 Å². The van der Waals surface area contributed by atoms with Crippen molar-refractivity contribution in [1.82, 2.24) is 9.97 Å². The number of aromatic nitrogens is 2. The summed E-state index contributed by atoms with van der Waals surface area (Å²) in [6.07, 6.45) is 1.54. The molecule has 0 bridgehead atoms. The molecule has 1 saturated heterocycles. The van der Waals surface area contributed by atoms with Gasteiger partial charge in [-0.2, -0.15) is 0 Å². The fourth-order valence-electron chi connectivity index (χ4n) is 3.36. The third kappa shape index (κ3) is 4.54. The number of piperazine rings is 1. The molecule has 0 saturated carbocycles. The van der Waals surface area contributed by atoms with E-state index in [4.69, 9.17) is 21.1 Å². The summed E-state index contributed by atoms with van der Waals surface area (Å²) in [6, 6.07) is 15.6. The van der Waals surface area contributed by atoms with E-state index in [0.717, 1.165) is 48.3 Å². The molecule has 2 aromatic carbocycles. The molecule has 6 nitrogen and oxygen atoms in total. The smallest absolute Gasteiger partial charge is 0.224 e. The van der Waals surface area contributed by atoms with Crippen LogP contribution in [0.25, 0.3) is 0 Å². The number of methoxy groups -OCH3 is 1. The van der Waals surface area contributed by atoms with Crippen molar-refractivity contribution in [3.8, 4) is 17.4 Å². The van der Waals surface area contributed by atoms with E-state index in [9.17, 15) is 0 Å². The predicted octanol–water partition coefficient (Wildman–Crippen LogP) is 4.57. The first-order valence-corrected chi connectivity index (χ1v) is 9.90. The van der Waals surface area contributed by atoms with Crippen LogP contribution in [0.2, 0.25) is 5.02 Å². The lowest BCUT2D eigenvalue weighted by atomic mass is 10.2. The first-order chi connectivity index (χ1) is 14.1. The third-order valence-electron chi connectivity index (χ3n) is 5.00. The summed E-state index contributed by atoms with van der Waals surface area (Å²) in [4.78, 5) is 13.3. The Labute approximate surface area is 175 Å². The molecule has 1 fully saturated rings. The lowest BCUT2D eigenvalue weighted by Crippen LogP contribution is -2.46. The predicted molar refractivity (Wildman–Crippen MR) is 116 cm³/mol. The summed E-state index contributed by atoms with van der Waals surface area (Å²) in [7, 11) is 1.69. The second kappa shape index (κ2) is 8.57. The molecule has 0 aliphatic carbocycles. The second-order valence-electron chi connectivity index (χ2n) is 6.90. The first kappa shape index (κ1) is 19.3. The van der Waals surface area contributed by atoms with Gasteiger partial charge in [0.25, 0.3) is 0 Å². The quantitative estimate of drug-likeness (QED) is 0.614. The Bertz CT molecular complexity index is 990. The molecule has 7 heteroatoms. The summed E-state index contributed by atoms with van der Waals surface area (Å²) in [5.74, 6) is 2.97. The van der Waals surface area contributed by atoms with Crippen molar-refractivity contribution in [2.24, 2.45) is 0 Å². The highest BCUT2D eigenvalue weighted by molar-refractivity contribution is 6.31. The van der Waals surface area contributed by atoms with E-state index in [-0.39, 0.29) is 0 Å². The minimum absolute atomic E-state index is 0.520.